The predicted molar refractivity (Wildman–Crippen MR) is 75.9 cm³/mol. The minimum Gasteiger partial charge on any atom is -0.327 e. The molecule has 4 heteroatoms. The highest BCUT2D eigenvalue weighted by atomic mass is 15.3. The van der Waals surface area contributed by atoms with Gasteiger partial charge in [0.2, 0.25) is 0 Å². The first kappa shape index (κ1) is 13.1. The van der Waals surface area contributed by atoms with Gasteiger partial charge in [0, 0.05) is 18.0 Å². The summed E-state index contributed by atoms with van der Waals surface area (Å²) in [6.45, 7) is 9.08. The fraction of sp³-hybridized carbons (Fsp3) is 0.867. The zero-order chi connectivity index (χ0) is 13.8. The third-order valence-corrected chi connectivity index (χ3v) is 5.62. The monoisotopic (exact) mass is 262 g/mol. The number of hydrogen-bond acceptors (Lipinski definition) is 3. The van der Waals surface area contributed by atoms with Gasteiger partial charge in [-0.15, -0.1) is 10.2 Å². The molecule has 0 aromatic carbocycles. The van der Waals surface area contributed by atoms with E-state index < -0.39 is 0 Å². The summed E-state index contributed by atoms with van der Waals surface area (Å²) < 4.78 is 2.40. The van der Waals surface area contributed by atoms with Crippen LogP contribution in [0.15, 0.2) is 0 Å². The molecule has 4 nitrogen and oxygen atoms in total. The Morgan fingerprint density at radius 3 is 2.47 bits per heavy atom. The average molecular weight is 262 g/mol. The van der Waals surface area contributed by atoms with Crippen molar-refractivity contribution in [3.8, 4) is 0 Å². The summed E-state index contributed by atoms with van der Waals surface area (Å²) in [6, 6.07) is 0.983. The summed E-state index contributed by atoms with van der Waals surface area (Å²) in [6.07, 6.45) is 4.82. The maximum absolute atomic E-state index is 6.27. The van der Waals surface area contributed by atoms with E-state index in [1.165, 1.54) is 18.7 Å². The Morgan fingerprint density at radius 1 is 1.16 bits per heavy atom. The normalized spacial score (nSPS) is 34.5. The Morgan fingerprint density at radius 2 is 1.84 bits per heavy atom. The molecule has 1 aromatic heterocycles. The highest BCUT2D eigenvalue weighted by Gasteiger charge is 2.45. The maximum atomic E-state index is 6.27. The molecule has 2 saturated carbocycles. The lowest BCUT2D eigenvalue weighted by molar-refractivity contribution is 0.0925. The summed E-state index contributed by atoms with van der Waals surface area (Å²) in [4.78, 5) is 0. The lowest BCUT2D eigenvalue weighted by atomic mass is 9.61. The molecule has 2 N–H and O–H groups in total. The van der Waals surface area contributed by atoms with E-state index in [9.17, 15) is 0 Å². The maximum Gasteiger partial charge on any atom is 0.136 e. The quantitative estimate of drug-likeness (QED) is 0.891. The van der Waals surface area contributed by atoms with Crippen molar-refractivity contribution in [1.82, 2.24) is 14.8 Å². The third-order valence-electron chi connectivity index (χ3n) is 5.62. The van der Waals surface area contributed by atoms with E-state index in [0.717, 1.165) is 18.7 Å². The molecule has 0 radical (unpaired) electrons. The Balaban J connectivity index is 1.97. The molecule has 2 aliphatic carbocycles. The molecule has 19 heavy (non-hydrogen) atoms. The van der Waals surface area contributed by atoms with Crippen molar-refractivity contribution in [3.63, 3.8) is 0 Å². The zero-order valence-corrected chi connectivity index (χ0v) is 12.6. The van der Waals surface area contributed by atoms with Gasteiger partial charge < -0.3 is 10.3 Å². The topological polar surface area (TPSA) is 56.7 Å². The minimum atomic E-state index is 0.198. The van der Waals surface area contributed by atoms with Crippen molar-refractivity contribution in [2.75, 3.05) is 0 Å². The van der Waals surface area contributed by atoms with Crippen molar-refractivity contribution in [3.05, 3.63) is 11.6 Å². The smallest absolute Gasteiger partial charge is 0.136 e. The molecule has 3 unspecified atom stereocenters. The van der Waals surface area contributed by atoms with Crippen molar-refractivity contribution in [2.45, 2.75) is 71.4 Å². The summed E-state index contributed by atoms with van der Waals surface area (Å²) in [5.74, 6) is 3.31. The van der Waals surface area contributed by atoms with Gasteiger partial charge in [-0.3, -0.25) is 0 Å². The van der Waals surface area contributed by atoms with Crippen LogP contribution in [0.5, 0.6) is 0 Å². The SMILES string of the molecule is Cc1nnc(C2CCC(N)C(C)C2(C)C)n1C1CC1. The van der Waals surface area contributed by atoms with E-state index in [4.69, 9.17) is 5.73 Å². The predicted octanol–water partition coefficient (Wildman–Crippen LogP) is 2.79. The largest absolute Gasteiger partial charge is 0.327 e. The molecule has 3 rings (SSSR count). The zero-order valence-electron chi connectivity index (χ0n) is 12.6. The Bertz CT molecular complexity index is 472. The van der Waals surface area contributed by atoms with E-state index in [1.807, 2.05) is 0 Å². The Kier molecular flexibility index (Phi) is 2.97. The number of aryl methyl sites for hydroxylation is 1. The van der Waals surface area contributed by atoms with Crippen LogP contribution >= 0.6 is 0 Å². The van der Waals surface area contributed by atoms with Crippen LogP contribution < -0.4 is 5.73 Å². The first-order chi connectivity index (χ1) is 8.93. The summed E-state index contributed by atoms with van der Waals surface area (Å²) in [5, 5.41) is 8.87. The molecule has 106 valence electrons. The van der Waals surface area contributed by atoms with Crippen molar-refractivity contribution < 1.29 is 0 Å². The summed E-state index contributed by atoms with van der Waals surface area (Å²) in [5.41, 5.74) is 6.46. The van der Waals surface area contributed by atoms with Gasteiger partial charge in [0.05, 0.1) is 0 Å². The number of rotatable bonds is 2. The van der Waals surface area contributed by atoms with Gasteiger partial charge in [-0.1, -0.05) is 20.8 Å². The molecule has 0 spiro atoms. The molecule has 1 heterocycles. The lowest BCUT2D eigenvalue weighted by Crippen LogP contribution is -2.46. The Labute approximate surface area is 115 Å². The Hall–Kier alpha value is -0.900. The highest BCUT2D eigenvalue weighted by Crippen LogP contribution is 2.50. The van der Waals surface area contributed by atoms with Crippen LogP contribution in [0.3, 0.4) is 0 Å². The van der Waals surface area contributed by atoms with Crippen LogP contribution in [0.1, 0.15) is 70.1 Å². The number of hydrogen-bond donors (Lipinski definition) is 1. The summed E-state index contributed by atoms with van der Waals surface area (Å²) >= 11 is 0. The van der Waals surface area contributed by atoms with Gasteiger partial charge in [-0.2, -0.15) is 0 Å². The number of aromatic nitrogens is 3. The first-order valence-corrected chi connectivity index (χ1v) is 7.60. The summed E-state index contributed by atoms with van der Waals surface area (Å²) in [7, 11) is 0. The van der Waals surface area contributed by atoms with E-state index in [-0.39, 0.29) is 5.41 Å². The van der Waals surface area contributed by atoms with Crippen LogP contribution in [-0.2, 0) is 0 Å². The van der Waals surface area contributed by atoms with E-state index in [2.05, 4.69) is 42.5 Å². The van der Waals surface area contributed by atoms with Gasteiger partial charge in [0.25, 0.3) is 0 Å². The fourth-order valence-corrected chi connectivity index (χ4v) is 3.72. The van der Waals surface area contributed by atoms with Gasteiger partial charge in [0.15, 0.2) is 0 Å². The van der Waals surface area contributed by atoms with Crippen LogP contribution in [0.2, 0.25) is 0 Å². The van der Waals surface area contributed by atoms with Crippen LogP contribution in [0, 0.1) is 18.3 Å². The van der Waals surface area contributed by atoms with Crippen molar-refractivity contribution in [2.24, 2.45) is 17.1 Å². The van der Waals surface area contributed by atoms with E-state index in [0.29, 0.717) is 23.9 Å². The van der Waals surface area contributed by atoms with Crippen LogP contribution in [0.25, 0.3) is 0 Å². The van der Waals surface area contributed by atoms with Gasteiger partial charge >= 0.3 is 0 Å². The number of nitrogens with two attached hydrogens (primary N) is 1. The van der Waals surface area contributed by atoms with E-state index >= 15 is 0 Å². The second-order valence-electron chi connectivity index (χ2n) is 7.11. The lowest BCUT2D eigenvalue weighted by Gasteiger charge is -2.46. The molecule has 1 aromatic rings. The third kappa shape index (κ3) is 2.00. The van der Waals surface area contributed by atoms with Crippen LogP contribution in [0.4, 0.5) is 0 Å². The molecule has 0 amide bonds. The highest BCUT2D eigenvalue weighted by molar-refractivity contribution is 5.13. The molecular formula is C15H26N4. The standard InChI is InChI=1S/C15H26N4/c1-9-13(16)8-7-12(15(9,3)4)14-18-17-10(2)19(14)11-5-6-11/h9,11-13H,5-8,16H2,1-4H3. The average Bonchev–Trinajstić information content (AvgIpc) is 3.11. The molecular weight excluding hydrogens is 236 g/mol. The van der Waals surface area contributed by atoms with Crippen LogP contribution in [-0.4, -0.2) is 20.8 Å². The molecule has 3 atom stereocenters. The van der Waals surface area contributed by atoms with Gasteiger partial charge in [-0.25, -0.2) is 0 Å². The van der Waals surface area contributed by atoms with Gasteiger partial charge in [-0.05, 0) is 43.9 Å². The molecule has 2 aliphatic rings. The van der Waals surface area contributed by atoms with Crippen molar-refractivity contribution in [1.29, 1.82) is 0 Å². The molecule has 0 bridgehead atoms. The first-order valence-electron chi connectivity index (χ1n) is 7.60. The fourth-order valence-electron chi connectivity index (χ4n) is 3.72. The molecule has 2 fully saturated rings. The molecule has 0 aliphatic heterocycles. The van der Waals surface area contributed by atoms with E-state index in [1.54, 1.807) is 0 Å². The second-order valence-corrected chi connectivity index (χ2v) is 7.11. The molecule has 0 saturated heterocycles. The second kappa shape index (κ2) is 4.30. The van der Waals surface area contributed by atoms with Gasteiger partial charge in [0.1, 0.15) is 11.6 Å². The number of nitrogens with zero attached hydrogens (tertiary/aromatic N) is 3. The minimum absolute atomic E-state index is 0.198. The van der Waals surface area contributed by atoms with Crippen molar-refractivity contribution >= 4 is 0 Å².